The summed E-state index contributed by atoms with van der Waals surface area (Å²) in [6.07, 6.45) is 5.66. The van der Waals surface area contributed by atoms with Crippen molar-refractivity contribution in [1.29, 1.82) is 0 Å². The third-order valence-corrected chi connectivity index (χ3v) is 3.23. The van der Waals surface area contributed by atoms with Gasteiger partial charge in [0, 0.05) is 19.4 Å². The largest absolute Gasteiger partial charge is 0.444 e. The van der Waals surface area contributed by atoms with E-state index in [0.717, 1.165) is 5.56 Å². The highest BCUT2D eigenvalue weighted by atomic mass is 16.6. The molecule has 5 nitrogen and oxygen atoms in total. The lowest BCUT2D eigenvalue weighted by Crippen LogP contribution is -2.43. The summed E-state index contributed by atoms with van der Waals surface area (Å²) in [5, 5.41) is 2.55. The highest BCUT2D eigenvalue weighted by molar-refractivity contribution is 5.87. The minimum Gasteiger partial charge on any atom is -0.444 e. The molecular weight excluding hydrogens is 318 g/mol. The van der Waals surface area contributed by atoms with Gasteiger partial charge in [0.05, 0.1) is 6.61 Å². The van der Waals surface area contributed by atoms with Crippen molar-refractivity contribution in [3.63, 3.8) is 0 Å². The summed E-state index contributed by atoms with van der Waals surface area (Å²) in [4.78, 5) is 24.0. The number of rotatable bonds is 9. The minimum absolute atomic E-state index is 0.118. The topological polar surface area (TPSA) is 64.6 Å². The van der Waals surface area contributed by atoms with Gasteiger partial charge in [-0.15, -0.1) is 12.3 Å². The van der Waals surface area contributed by atoms with Crippen LogP contribution in [0.15, 0.2) is 30.3 Å². The molecule has 1 amide bonds. The van der Waals surface area contributed by atoms with Gasteiger partial charge in [-0.25, -0.2) is 4.79 Å². The minimum atomic E-state index is -0.728. The van der Waals surface area contributed by atoms with E-state index in [1.807, 2.05) is 30.3 Å². The van der Waals surface area contributed by atoms with Crippen LogP contribution in [-0.4, -0.2) is 30.1 Å². The molecule has 1 atom stereocenters. The van der Waals surface area contributed by atoms with E-state index >= 15 is 0 Å². The van der Waals surface area contributed by atoms with Gasteiger partial charge in [-0.1, -0.05) is 30.3 Å². The quantitative estimate of drug-likeness (QED) is 0.550. The van der Waals surface area contributed by atoms with Gasteiger partial charge in [0.2, 0.25) is 0 Å². The molecule has 0 spiro atoms. The first-order chi connectivity index (χ1) is 11.8. The Morgan fingerprint density at radius 1 is 1.24 bits per heavy atom. The number of terminal acetylenes is 1. The molecule has 0 aliphatic heterocycles. The van der Waals surface area contributed by atoms with Gasteiger partial charge < -0.3 is 14.8 Å². The third kappa shape index (κ3) is 9.53. The number of Topliss-reactive ketones (excluding diaryl/α,β-unsaturated/α-hetero) is 1. The normalized spacial score (nSPS) is 12.1. The maximum Gasteiger partial charge on any atom is 0.408 e. The van der Waals surface area contributed by atoms with Crippen molar-refractivity contribution in [3.8, 4) is 12.3 Å². The van der Waals surface area contributed by atoms with Gasteiger partial charge in [-0.05, 0) is 32.8 Å². The fraction of sp³-hybridized carbons (Fsp3) is 0.500. The van der Waals surface area contributed by atoms with Crippen LogP contribution in [0.4, 0.5) is 4.79 Å². The highest BCUT2D eigenvalue weighted by Crippen LogP contribution is 2.08. The summed E-state index contributed by atoms with van der Waals surface area (Å²) in [7, 11) is 0. The lowest BCUT2D eigenvalue weighted by molar-refractivity contribution is -0.121. The second-order valence-electron chi connectivity index (χ2n) is 6.72. The van der Waals surface area contributed by atoms with Crippen LogP contribution >= 0.6 is 0 Å². The van der Waals surface area contributed by atoms with Crippen molar-refractivity contribution in [2.24, 2.45) is 0 Å². The Hall–Kier alpha value is -2.32. The van der Waals surface area contributed by atoms with Gasteiger partial charge in [0.15, 0.2) is 5.78 Å². The zero-order valence-electron chi connectivity index (χ0n) is 15.2. The number of benzene rings is 1. The second kappa shape index (κ2) is 10.5. The number of carbonyl (C=O) groups excluding carboxylic acids is 2. The van der Waals surface area contributed by atoms with Crippen LogP contribution in [-0.2, 0) is 20.9 Å². The standard InChI is InChI=1S/C20H27NO4/c1-5-10-17(21-19(23)25-20(2,3)4)18(22)13-9-14-24-15-16-11-7-6-8-12-16/h1,6-8,11-12,17H,9-10,13-15H2,2-4H3,(H,21,23). The van der Waals surface area contributed by atoms with Crippen molar-refractivity contribution in [2.45, 2.75) is 58.3 Å². The van der Waals surface area contributed by atoms with E-state index in [4.69, 9.17) is 15.9 Å². The average molecular weight is 345 g/mol. The summed E-state index contributed by atoms with van der Waals surface area (Å²) < 4.78 is 10.7. The molecule has 0 radical (unpaired) electrons. The summed E-state index contributed by atoms with van der Waals surface area (Å²) in [5.41, 5.74) is 0.463. The third-order valence-electron chi connectivity index (χ3n) is 3.23. The zero-order chi connectivity index (χ0) is 18.7. The number of hydrogen-bond acceptors (Lipinski definition) is 4. The first kappa shape index (κ1) is 20.7. The summed E-state index contributed by atoms with van der Waals surface area (Å²) in [5.74, 6) is 2.30. The van der Waals surface area contributed by atoms with Crippen LogP contribution < -0.4 is 5.32 Å². The molecule has 5 heteroatoms. The Bertz CT molecular complexity index is 584. The van der Waals surface area contributed by atoms with E-state index in [1.165, 1.54) is 0 Å². The Morgan fingerprint density at radius 3 is 2.52 bits per heavy atom. The van der Waals surface area contributed by atoms with Crippen molar-refractivity contribution >= 4 is 11.9 Å². The predicted octanol–water partition coefficient (Wildman–Crippen LogP) is 3.47. The lowest BCUT2D eigenvalue weighted by Gasteiger charge is -2.22. The molecule has 0 aliphatic carbocycles. The highest BCUT2D eigenvalue weighted by Gasteiger charge is 2.23. The number of hydrogen-bond donors (Lipinski definition) is 1. The van der Waals surface area contributed by atoms with E-state index < -0.39 is 17.7 Å². The molecule has 0 fully saturated rings. The molecule has 0 aliphatic rings. The average Bonchev–Trinajstić information content (AvgIpc) is 2.53. The molecule has 1 N–H and O–H groups in total. The van der Waals surface area contributed by atoms with Crippen LogP contribution in [0.1, 0.15) is 45.6 Å². The number of ether oxygens (including phenoxy) is 2. The lowest BCUT2D eigenvalue weighted by atomic mass is 10.1. The second-order valence-corrected chi connectivity index (χ2v) is 6.72. The fourth-order valence-corrected chi connectivity index (χ4v) is 2.10. The molecule has 1 rings (SSSR count). The van der Waals surface area contributed by atoms with Crippen LogP contribution in [0, 0.1) is 12.3 Å². The van der Waals surface area contributed by atoms with Crippen LogP contribution in [0.3, 0.4) is 0 Å². The molecule has 0 saturated heterocycles. The maximum absolute atomic E-state index is 12.2. The number of nitrogens with one attached hydrogen (secondary N) is 1. The first-order valence-corrected chi connectivity index (χ1v) is 8.39. The summed E-state index contributed by atoms with van der Waals surface area (Å²) in [6.45, 7) is 6.26. The molecule has 1 aromatic rings. The van der Waals surface area contributed by atoms with E-state index in [-0.39, 0.29) is 18.6 Å². The smallest absolute Gasteiger partial charge is 0.408 e. The molecule has 0 saturated carbocycles. The number of ketones is 1. The number of carbonyl (C=O) groups is 2. The van der Waals surface area contributed by atoms with Gasteiger partial charge in [-0.2, -0.15) is 0 Å². The van der Waals surface area contributed by atoms with Gasteiger partial charge >= 0.3 is 6.09 Å². The SMILES string of the molecule is C#CCC(NC(=O)OC(C)(C)C)C(=O)CCCOCc1ccccc1. The fourth-order valence-electron chi connectivity index (χ4n) is 2.10. The van der Waals surface area contributed by atoms with Crippen molar-refractivity contribution in [1.82, 2.24) is 5.32 Å². The Labute approximate surface area is 150 Å². The van der Waals surface area contributed by atoms with Crippen LogP contribution in [0.5, 0.6) is 0 Å². The molecule has 1 unspecified atom stereocenters. The number of alkyl carbamates (subject to hydrolysis) is 1. The zero-order valence-corrected chi connectivity index (χ0v) is 15.2. The van der Waals surface area contributed by atoms with Gasteiger partial charge in [-0.3, -0.25) is 4.79 Å². The molecule has 0 aromatic heterocycles. The van der Waals surface area contributed by atoms with E-state index in [9.17, 15) is 9.59 Å². The Morgan fingerprint density at radius 2 is 1.92 bits per heavy atom. The Balaban J connectivity index is 2.33. The predicted molar refractivity (Wildman–Crippen MR) is 96.9 cm³/mol. The molecule has 25 heavy (non-hydrogen) atoms. The molecule has 0 bridgehead atoms. The van der Waals surface area contributed by atoms with Crippen LogP contribution in [0.2, 0.25) is 0 Å². The van der Waals surface area contributed by atoms with Gasteiger partial charge in [0.25, 0.3) is 0 Å². The van der Waals surface area contributed by atoms with E-state index in [1.54, 1.807) is 20.8 Å². The molecular formula is C20H27NO4. The van der Waals surface area contributed by atoms with Crippen molar-refractivity contribution < 1.29 is 19.1 Å². The monoisotopic (exact) mass is 345 g/mol. The molecule has 0 heterocycles. The molecule has 1 aromatic carbocycles. The first-order valence-electron chi connectivity index (χ1n) is 8.39. The van der Waals surface area contributed by atoms with Crippen molar-refractivity contribution in [2.75, 3.05) is 6.61 Å². The summed E-state index contributed by atoms with van der Waals surface area (Å²) >= 11 is 0. The van der Waals surface area contributed by atoms with Gasteiger partial charge in [0.1, 0.15) is 11.6 Å². The Kier molecular flexibility index (Phi) is 8.73. The summed E-state index contributed by atoms with van der Waals surface area (Å²) in [6, 6.07) is 9.10. The maximum atomic E-state index is 12.2. The number of amides is 1. The van der Waals surface area contributed by atoms with E-state index in [2.05, 4.69) is 11.2 Å². The molecule has 136 valence electrons. The van der Waals surface area contributed by atoms with Crippen LogP contribution in [0.25, 0.3) is 0 Å². The van der Waals surface area contributed by atoms with E-state index in [0.29, 0.717) is 19.6 Å². The van der Waals surface area contributed by atoms with Crippen molar-refractivity contribution in [3.05, 3.63) is 35.9 Å².